The molecule has 666 valence electrons. The van der Waals surface area contributed by atoms with Crippen LogP contribution in [0.25, 0.3) is 200 Å². The van der Waals surface area contributed by atoms with Gasteiger partial charge in [0, 0.05) is 101 Å². The molecule has 141 heavy (non-hydrogen) atoms. The van der Waals surface area contributed by atoms with Gasteiger partial charge in [-0.3, -0.25) is 0 Å². The first-order valence-corrected chi connectivity index (χ1v) is 48.8. The van der Waals surface area contributed by atoms with E-state index in [-0.39, 0.29) is 5.41 Å². The van der Waals surface area contributed by atoms with Gasteiger partial charge in [-0.1, -0.05) is 365 Å². The number of para-hydroxylation sites is 5. The van der Waals surface area contributed by atoms with E-state index in [2.05, 4.69) is 554 Å². The molecule has 0 radical (unpaired) electrons. The monoisotopic (exact) mass is 1800 g/mol. The fourth-order valence-corrected chi connectivity index (χ4v) is 23.3. The van der Waals surface area contributed by atoms with Crippen molar-refractivity contribution in [1.82, 2.24) is 18.7 Å². The van der Waals surface area contributed by atoms with Gasteiger partial charge in [0.2, 0.25) is 0 Å². The molecule has 0 unspecified atom stereocenters. The zero-order chi connectivity index (χ0) is 94.1. The highest BCUT2D eigenvalue weighted by Crippen LogP contribution is 2.57. The number of hydrogen-bond acceptors (Lipinski definition) is 3. The first kappa shape index (κ1) is 83.5. The summed E-state index contributed by atoms with van der Waals surface area (Å²) in [5, 5.41) is 5.03. The average Bonchev–Trinajstić information content (AvgIpc) is 1.56. The minimum absolute atomic E-state index is 0.0684. The highest BCUT2D eigenvalue weighted by Gasteiger charge is 2.38. The predicted molar refractivity (Wildman–Crippen MR) is 588 cm³/mol. The van der Waals surface area contributed by atoms with Crippen LogP contribution in [0.1, 0.15) is 42.1 Å². The van der Waals surface area contributed by atoms with Crippen LogP contribution < -0.4 is 14.4 Å². The van der Waals surface area contributed by atoms with Gasteiger partial charge in [0.1, 0.15) is 11.2 Å². The molecule has 28 rings (SSSR count). The van der Waals surface area contributed by atoms with Gasteiger partial charge in [-0.2, -0.15) is 4.57 Å². The second-order valence-corrected chi connectivity index (χ2v) is 37.8. The molecule has 7 nitrogen and oxygen atoms in total. The molecular formula is C134H96N7+. The van der Waals surface area contributed by atoms with Gasteiger partial charge in [0.25, 0.3) is 0 Å². The van der Waals surface area contributed by atoms with Crippen molar-refractivity contribution in [2.24, 2.45) is 0 Å². The fraction of sp³-hybridized carbons (Fsp3) is 0.0448. The largest absolute Gasteiger partial charge is 0.409 e. The van der Waals surface area contributed by atoms with Crippen LogP contribution in [0.3, 0.4) is 0 Å². The van der Waals surface area contributed by atoms with E-state index in [1.807, 2.05) is 0 Å². The zero-order valence-electron chi connectivity index (χ0n) is 78.9. The Labute approximate surface area is 821 Å². The van der Waals surface area contributed by atoms with Gasteiger partial charge in [-0.25, -0.2) is 4.57 Å². The lowest BCUT2D eigenvalue weighted by Gasteiger charge is -2.28. The van der Waals surface area contributed by atoms with Gasteiger partial charge in [0.05, 0.1) is 22.9 Å². The standard InChI is InChI=1S/C54H40N2.C45H32N2.C35H24N3/c1-35-52-47-20-10-9-17-43(47)42-16-7-8-18-44(42)48-21-13-23-51(53(48)52)55(35)39-28-24-36(25-29-39)37-26-30-40(31-27-37)56(38-14-5-4-6-15-38)41-32-33-46-45-19-11-12-22-49(45)54(2,3)50(46)34-41;1-31-44-41-20-11-10-18-39(41)38-17-8-9-19-40(38)42-21-12-22-43(45(42)44)46(31)36-27-23-32(24-28-36)33-25-29-37(30-26-33)47(34-13-4-2-5-14-34)35-15-6-3-7-16-35;1-23-33-29-18-9-8-16-27(29)26-15-6-7-17-28(26)30-19-11-21-32(34(30)33)38(23)35-36-31-20-10-5-12-24(31)22-37(35)25-13-3-2-4-14-25/h4-34H,1-3H3;2-30H,1H3;2-22H,1H3/q;;+1. The lowest BCUT2D eigenvalue weighted by Crippen LogP contribution is -2.37. The molecule has 24 aromatic rings. The fourth-order valence-electron chi connectivity index (χ4n) is 23.3. The molecule has 4 aliphatic carbocycles. The molecule has 4 aliphatic rings. The summed E-state index contributed by atoms with van der Waals surface area (Å²) in [5.74, 6) is 0.882. The highest BCUT2D eigenvalue weighted by atomic mass is 15.2. The molecule has 0 bridgehead atoms. The number of anilines is 6. The molecule has 0 fully saturated rings. The van der Waals surface area contributed by atoms with Gasteiger partial charge < -0.3 is 18.9 Å². The highest BCUT2D eigenvalue weighted by molar-refractivity contribution is 6.18. The molecule has 4 heterocycles. The van der Waals surface area contributed by atoms with Crippen LogP contribution in [0.15, 0.2) is 492 Å². The van der Waals surface area contributed by atoms with Crippen LogP contribution >= 0.6 is 0 Å². The number of hydrogen-bond donors (Lipinski definition) is 0. The van der Waals surface area contributed by atoms with Crippen LogP contribution in [0.4, 0.5) is 34.1 Å². The number of rotatable bonds is 12. The van der Waals surface area contributed by atoms with E-state index in [4.69, 9.17) is 4.98 Å². The minimum atomic E-state index is -0.0684. The zero-order valence-corrected chi connectivity index (χ0v) is 78.9. The molecule has 0 spiro atoms. The third-order valence-electron chi connectivity index (χ3n) is 29.7. The van der Waals surface area contributed by atoms with E-state index < -0.39 is 0 Å². The van der Waals surface area contributed by atoms with Crippen molar-refractivity contribution in [3.05, 3.63) is 520 Å². The summed E-state index contributed by atoms with van der Waals surface area (Å²) in [6, 6.07) is 176. The summed E-state index contributed by atoms with van der Waals surface area (Å²) >= 11 is 0. The van der Waals surface area contributed by atoms with Gasteiger partial charge >= 0.3 is 5.95 Å². The molecule has 0 aliphatic heterocycles. The topological polar surface area (TPSA) is 38.0 Å². The Morgan fingerprint density at radius 2 is 0.511 bits per heavy atom. The molecule has 0 saturated carbocycles. The normalized spacial score (nSPS) is 12.2. The molecule has 4 aromatic heterocycles. The van der Waals surface area contributed by atoms with Gasteiger partial charge in [-0.15, -0.1) is 0 Å². The molecule has 0 amide bonds. The average molecular weight is 1800 g/mol. The molecule has 0 saturated heterocycles. The van der Waals surface area contributed by atoms with Crippen LogP contribution in [0, 0.1) is 20.8 Å². The Balaban J connectivity index is 0.000000111. The van der Waals surface area contributed by atoms with Crippen molar-refractivity contribution in [3.63, 3.8) is 0 Å². The Kier molecular flexibility index (Phi) is 20.2. The van der Waals surface area contributed by atoms with Crippen molar-refractivity contribution in [2.45, 2.75) is 40.0 Å². The van der Waals surface area contributed by atoms with E-state index in [0.29, 0.717) is 0 Å². The number of fused-ring (bicyclic) bond motifs is 19. The van der Waals surface area contributed by atoms with Crippen molar-refractivity contribution in [2.75, 3.05) is 9.80 Å². The molecule has 7 heteroatoms. The van der Waals surface area contributed by atoms with E-state index in [9.17, 15) is 0 Å². The Morgan fingerprint density at radius 3 is 0.915 bits per heavy atom. The van der Waals surface area contributed by atoms with E-state index in [0.717, 1.165) is 62.2 Å². The summed E-state index contributed by atoms with van der Waals surface area (Å²) in [6.07, 6.45) is 2.21. The third kappa shape index (κ3) is 13.8. The quantitative estimate of drug-likeness (QED) is 0.114. The van der Waals surface area contributed by atoms with E-state index in [1.165, 1.54) is 200 Å². The maximum Gasteiger partial charge on any atom is 0.409 e. The van der Waals surface area contributed by atoms with Crippen LogP contribution in [0.5, 0.6) is 0 Å². The number of aromatic nitrogens is 5. The molecule has 0 N–H and O–H groups in total. The van der Waals surface area contributed by atoms with E-state index >= 15 is 0 Å². The Bertz CT molecular complexity index is 9020. The van der Waals surface area contributed by atoms with Crippen molar-refractivity contribution in [3.8, 4) is 157 Å². The van der Waals surface area contributed by atoms with Gasteiger partial charge in [0.15, 0.2) is 5.52 Å². The summed E-state index contributed by atoms with van der Waals surface area (Å²) < 4.78 is 9.44. The first-order chi connectivity index (χ1) is 69.5. The first-order valence-electron chi connectivity index (χ1n) is 48.8. The summed E-state index contributed by atoms with van der Waals surface area (Å²) in [5.41, 5.74) is 51.9. The van der Waals surface area contributed by atoms with Crippen molar-refractivity contribution in [1.29, 1.82) is 0 Å². The van der Waals surface area contributed by atoms with Gasteiger partial charge in [-0.05, 0) is 288 Å². The van der Waals surface area contributed by atoms with Crippen molar-refractivity contribution < 1.29 is 4.57 Å². The summed E-state index contributed by atoms with van der Waals surface area (Å²) in [7, 11) is 0. The van der Waals surface area contributed by atoms with Crippen LogP contribution in [0.2, 0.25) is 0 Å². The Morgan fingerprint density at radius 1 is 0.227 bits per heavy atom. The van der Waals surface area contributed by atoms with E-state index in [1.54, 1.807) is 0 Å². The van der Waals surface area contributed by atoms with Crippen LogP contribution in [-0.2, 0) is 5.41 Å². The Hall–Kier alpha value is -18.0. The maximum atomic E-state index is 5.28. The second kappa shape index (κ2) is 34.0. The van der Waals surface area contributed by atoms with Crippen LogP contribution in [-0.4, -0.2) is 18.7 Å². The van der Waals surface area contributed by atoms with Crippen molar-refractivity contribution >= 4 is 77.7 Å². The molecule has 20 aromatic carbocycles. The summed E-state index contributed by atoms with van der Waals surface area (Å²) in [6.45, 7) is 11.5. The molecular weight excluding hydrogens is 1710 g/mol. The maximum absolute atomic E-state index is 5.28. The molecule has 0 atom stereocenters. The number of nitrogens with zero attached hydrogens (tertiary/aromatic N) is 7. The third-order valence-corrected chi connectivity index (χ3v) is 29.7. The second-order valence-electron chi connectivity index (χ2n) is 37.8. The minimum Gasteiger partial charge on any atom is -0.313 e. The lowest BCUT2D eigenvalue weighted by atomic mass is 9.82. The summed E-state index contributed by atoms with van der Waals surface area (Å²) in [4.78, 5) is 9.95. The predicted octanol–water partition coefficient (Wildman–Crippen LogP) is 35.2. The lowest BCUT2D eigenvalue weighted by molar-refractivity contribution is -0.591. The number of benzene rings is 20. The SMILES string of the molecule is Cc1c2c3c(cccc3n1-c1ccc(-c3ccc(N(c4ccccc4)c4ccc5c(c4)C(C)(C)c4ccccc4-5)cc3)cc1)-c1ccccc1-c1ccccc1-2.Cc1c2c3c(cccc3n1-c1ccc(-c3ccc(N(c4ccccc4)c4ccccc4)cc3)cc1)-c1ccccc1-c1ccccc1-2.Cc1c2c3c(cccc3n1-c1nc3ccccc3c[n+]1-c1ccccc1)-c1ccccc1-c1ccccc1-2. The smallest absolute Gasteiger partial charge is 0.313 e.